The Hall–Kier alpha value is -1.98. The van der Waals surface area contributed by atoms with E-state index in [1.165, 1.54) is 12.1 Å². The summed E-state index contributed by atoms with van der Waals surface area (Å²) in [7, 11) is 0. The number of carbonyl (C=O) groups excluding carboxylic acids is 1. The number of carbonyl (C=O) groups is 1. The highest BCUT2D eigenvalue weighted by Gasteiger charge is 2.30. The van der Waals surface area contributed by atoms with E-state index in [-0.39, 0.29) is 23.8 Å². The van der Waals surface area contributed by atoms with Crippen LogP contribution in [0, 0.1) is 5.82 Å². The SMILES string of the molecule is C[C@@H]1CN(Cc2ccc(F)cc2)[C@@H](C)CN1C(=O)/C=C/c1ccc(Br)cc1. The maximum atomic E-state index is 13.1. The molecule has 2 aromatic rings. The molecule has 0 N–H and O–H groups in total. The maximum absolute atomic E-state index is 13.1. The number of rotatable bonds is 4. The Morgan fingerprint density at radius 2 is 1.74 bits per heavy atom. The van der Waals surface area contributed by atoms with Crippen LogP contribution < -0.4 is 0 Å². The van der Waals surface area contributed by atoms with Crippen LogP contribution in [0.25, 0.3) is 6.08 Å². The van der Waals surface area contributed by atoms with Crippen LogP contribution >= 0.6 is 15.9 Å². The van der Waals surface area contributed by atoms with Crippen molar-refractivity contribution in [2.75, 3.05) is 13.1 Å². The zero-order valence-electron chi connectivity index (χ0n) is 15.6. The molecule has 0 aromatic heterocycles. The second-order valence-corrected chi connectivity index (χ2v) is 8.05. The fourth-order valence-electron chi connectivity index (χ4n) is 3.39. The number of benzene rings is 2. The summed E-state index contributed by atoms with van der Waals surface area (Å²) in [6.07, 6.45) is 3.51. The number of hydrogen-bond acceptors (Lipinski definition) is 2. The van der Waals surface area contributed by atoms with Gasteiger partial charge >= 0.3 is 0 Å². The van der Waals surface area contributed by atoms with E-state index in [0.717, 1.165) is 28.7 Å². The minimum Gasteiger partial charge on any atom is -0.334 e. The fraction of sp³-hybridized carbons (Fsp3) is 0.318. The van der Waals surface area contributed by atoms with Gasteiger partial charge in [-0.2, -0.15) is 0 Å². The van der Waals surface area contributed by atoms with Crippen LogP contribution in [0.3, 0.4) is 0 Å². The van der Waals surface area contributed by atoms with Crippen LogP contribution in [0.1, 0.15) is 25.0 Å². The van der Waals surface area contributed by atoms with Gasteiger partial charge in [0.05, 0.1) is 0 Å². The first-order chi connectivity index (χ1) is 12.9. The summed E-state index contributed by atoms with van der Waals surface area (Å²) < 4.78 is 14.1. The van der Waals surface area contributed by atoms with Crippen molar-refractivity contribution in [1.82, 2.24) is 9.80 Å². The lowest BCUT2D eigenvalue weighted by Crippen LogP contribution is -2.57. The van der Waals surface area contributed by atoms with E-state index in [1.54, 1.807) is 6.08 Å². The van der Waals surface area contributed by atoms with E-state index in [2.05, 4.69) is 34.7 Å². The Morgan fingerprint density at radius 3 is 2.41 bits per heavy atom. The molecule has 1 aliphatic heterocycles. The van der Waals surface area contributed by atoms with Gasteiger partial charge in [0.2, 0.25) is 5.91 Å². The number of halogens is 2. The van der Waals surface area contributed by atoms with Gasteiger partial charge in [0.25, 0.3) is 0 Å². The van der Waals surface area contributed by atoms with Crippen LogP contribution in [0.15, 0.2) is 59.1 Å². The van der Waals surface area contributed by atoms with Gasteiger partial charge in [0.1, 0.15) is 5.82 Å². The Morgan fingerprint density at radius 1 is 1.07 bits per heavy atom. The van der Waals surface area contributed by atoms with Gasteiger partial charge in [-0.25, -0.2) is 4.39 Å². The zero-order chi connectivity index (χ0) is 19.4. The molecule has 2 atom stereocenters. The molecule has 3 nitrogen and oxygen atoms in total. The lowest BCUT2D eigenvalue weighted by molar-refractivity contribution is -0.131. The second kappa shape index (κ2) is 8.81. The van der Waals surface area contributed by atoms with E-state index < -0.39 is 0 Å². The van der Waals surface area contributed by atoms with E-state index in [4.69, 9.17) is 0 Å². The van der Waals surface area contributed by atoms with Gasteiger partial charge in [-0.05, 0) is 55.3 Å². The number of piperazine rings is 1. The van der Waals surface area contributed by atoms with E-state index in [0.29, 0.717) is 6.54 Å². The molecule has 1 saturated heterocycles. The van der Waals surface area contributed by atoms with Gasteiger partial charge in [0, 0.05) is 42.3 Å². The Labute approximate surface area is 168 Å². The summed E-state index contributed by atoms with van der Waals surface area (Å²) in [5.41, 5.74) is 2.09. The molecule has 27 heavy (non-hydrogen) atoms. The highest BCUT2D eigenvalue weighted by molar-refractivity contribution is 9.10. The molecular weight excluding hydrogens is 407 g/mol. The van der Waals surface area contributed by atoms with Crippen molar-refractivity contribution in [3.05, 3.63) is 76.0 Å². The standard InChI is InChI=1S/C22H24BrFN2O/c1-16-14-26(22(27)12-7-18-3-8-20(23)9-4-18)17(2)13-25(16)15-19-5-10-21(24)11-6-19/h3-12,16-17H,13-15H2,1-2H3/b12-7+/t16-,17+/m0/s1. The van der Waals surface area contributed by atoms with Crippen molar-refractivity contribution >= 4 is 27.9 Å². The molecular formula is C22H24BrFN2O. The lowest BCUT2D eigenvalue weighted by Gasteiger charge is -2.44. The van der Waals surface area contributed by atoms with Crippen molar-refractivity contribution in [2.24, 2.45) is 0 Å². The molecule has 1 amide bonds. The van der Waals surface area contributed by atoms with E-state index in [9.17, 15) is 9.18 Å². The van der Waals surface area contributed by atoms with Crippen LogP contribution in [0.5, 0.6) is 0 Å². The maximum Gasteiger partial charge on any atom is 0.246 e. The third kappa shape index (κ3) is 5.27. The summed E-state index contributed by atoms with van der Waals surface area (Å²) in [6, 6.07) is 14.9. The molecule has 0 bridgehead atoms. The highest BCUT2D eigenvalue weighted by Crippen LogP contribution is 2.19. The highest BCUT2D eigenvalue weighted by atomic mass is 79.9. The summed E-state index contributed by atoms with van der Waals surface area (Å²) in [5.74, 6) is -0.174. The molecule has 2 aromatic carbocycles. The minimum atomic E-state index is -0.215. The molecule has 142 valence electrons. The first-order valence-electron chi connectivity index (χ1n) is 9.15. The molecule has 0 unspecified atom stereocenters. The second-order valence-electron chi connectivity index (χ2n) is 7.13. The molecule has 0 radical (unpaired) electrons. The molecule has 0 saturated carbocycles. The average molecular weight is 431 g/mol. The summed E-state index contributed by atoms with van der Waals surface area (Å²) in [4.78, 5) is 16.9. The van der Waals surface area contributed by atoms with E-state index in [1.807, 2.05) is 47.4 Å². The molecule has 0 aliphatic carbocycles. The Bertz CT molecular complexity index is 804. The largest absolute Gasteiger partial charge is 0.334 e. The van der Waals surface area contributed by atoms with Crippen LogP contribution in [0.4, 0.5) is 4.39 Å². The minimum absolute atomic E-state index is 0.0405. The predicted molar refractivity (Wildman–Crippen MR) is 111 cm³/mol. The predicted octanol–water partition coefficient (Wildman–Crippen LogP) is 4.72. The molecule has 0 spiro atoms. The molecule has 5 heteroatoms. The molecule has 1 fully saturated rings. The van der Waals surface area contributed by atoms with Gasteiger partial charge in [-0.3, -0.25) is 9.69 Å². The van der Waals surface area contributed by atoms with Crippen LogP contribution in [-0.4, -0.2) is 40.9 Å². The van der Waals surface area contributed by atoms with E-state index >= 15 is 0 Å². The Balaban J connectivity index is 1.61. The third-order valence-corrected chi connectivity index (χ3v) is 5.51. The first-order valence-corrected chi connectivity index (χ1v) is 9.94. The van der Waals surface area contributed by atoms with Crippen molar-refractivity contribution in [1.29, 1.82) is 0 Å². The molecule has 1 heterocycles. The van der Waals surface area contributed by atoms with Crippen molar-refractivity contribution in [3.63, 3.8) is 0 Å². The molecule has 1 aliphatic rings. The van der Waals surface area contributed by atoms with Crippen molar-refractivity contribution in [2.45, 2.75) is 32.5 Å². The third-order valence-electron chi connectivity index (χ3n) is 4.99. The quantitative estimate of drug-likeness (QED) is 0.654. The molecule has 3 rings (SSSR count). The smallest absolute Gasteiger partial charge is 0.246 e. The van der Waals surface area contributed by atoms with Crippen molar-refractivity contribution in [3.8, 4) is 0 Å². The Kier molecular flexibility index (Phi) is 6.45. The normalized spacial score (nSPS) is 21.0. The topological polar surface area (TPSA) is 23.6 Å². The van der Waals surface area contributed by atoms with Crippen LogP contribution in [-0.2, 0) is 11.3 Å². The van der Waals surface area contributed by atoms with Crippen LogP contribution in [0.2, 0.25) is 0 Å². The van der Waals surface area contributed by atoms with Gasteiger partial charge in [-0.15, -0.1) is 0 Å². The zero-order valence-corrected chi connectivity index (χ0v) is 17.2. The van der Waals surface area contributed by atoms with Crippen molar-refractivity contribution < 1.29 is 9.18 Å². The number of amides is 1. The number of hydrogen-bond donors (Lipinski definition) is 0. The first kappa shape index (κ1) is 19.8. The van der Waals surface area contributed by atoms with Gasteiger partial charge in [0.15, 0.2) is 0 Å². The summed E-state index contributed by atoms with van der Waals surface area (Å²) >= 11 is 3.41. The summed E-state index contributed by atoms with van der Waals surface area (Å²) in [5, 5.41) is 0. The monoisotopic (exact) mass is 430 g/mol. The summed E-state index contributed by atoms with van der Waals surface area (Å²) in [6.45, 7) is 6.47. The lowest BCUT2D eigenvalue weighted by atomic mass is 10.1. The van der Waals surface area contributed by atoms with Gasteiger partial charge < -0.3 is 4.90 Å². The number of nitrogens with zero attached hydrogens (tertiary/aromatic N) is 2. The van der Waals surface area contributed by atoms with Gasteiger partial charge in [-0.1, -0.05) is 40.2 Å². The average Bonchev–Trinajstić information content (AvgIpc) is 2.65. The fourth-order valence-corrected chi connectivity index (χ4v) is 3.65.